The third-order valence-corrected chi connectivity index (χ3v) is 2.51. The lowest BCUT2D eigenvalue weighted by Crippen LogP contribution is -2.27. The van der Waals surface area contributed by atoms with Gasteiger partial charge in [-0.1, -0.05) is 6.07 Å². The van der Waals surface area contributed by atoms with Crippen molar-refractivity contribution in [1.29, 1.82) is 0 Å². The summed E-state index contributed by atoms with van der Waals surface area (Å²) < 4.78 is 40.0. The van der Waals surface area contributed by atoms with Gasteiger partial charge in [-0.05, 0) is 42.5 Å². The van der Waals surface area contributed by atoms with Gasteiger partial charge in [0.05, 0.1) is 0 Å². The van der Waals surface area contributed by atoms with Gasteiger partial charge in [0.25, 0.3) is 0 Å². The summed E-state index contributed by atoms with van der Waals surface area (Å²) in [5.74, 6) is -2.21. The highest BCUT2D eigenvalue weighted by atomic mass is 19.4. The summed E-state index contributed by atoms with van der Waals surface area (Å²) in [4.78, 5) is 10.6. The Hall–Kier alpha value is -1.52. The van der Waals surface area contributed by atoms with Gasteiger partial charge in [-0.15, -0.1) is 0 Å². The van der Waals surface area contributed by atoms with Crippen molar-refractivity contribution >= 4 is 5.97 Å². The monoisotopic (exact) mass is 230 g/mol. The van der Waals surface area contributed by atoms with Crippen LogP contribution in [-0.2, 0) is 17.6 Å². The second-order valence-electron chi connectivity index (χ2n) is 3.67. The first kappa shape index (κ1) is 11.0. The van der Waals surface area contributed by atoms with E-state index in [4.69, 9.17) is 0 Å². The van der Waals surface area contributed by atoms with Crippen molar-refractivity contribution in [2.45, 2.75) is 25.4 Å². The lowest BCUT2D eigenvalue weighted by atomic mass is 10.1. The number of carbonyl (C=O) groups excluding carboxylic acids is 1. The van der Waals surface area contributed by atoms with Gasteiger partial charge in [0.1, 0.15) is 5.75 Å². The van der Waals surface area contributed by atoms with E-state index in [0.29, 0.717) is 0 Å². The normalized spacial score (nSPS) is 14.7. The number of rotatable bonds is 1. The minimum absolute atomic E-state index is 0.0389. The van der Waals surface area contributed by atoms with Crippen LogP contribution in [0.5, 0.6) is 5.75 Å². The zero-order valence-corrected chi connectivity index (χ0v) is 8.30. The molecule has 0 heterocycles. The van der Waals surface area contributed by atoms with Crippen LogP contribution in [-0.4, -0.2) is 12.1 Å². The molecule has 86 valence electrons. The van der Waals surface area contributed by atoms with E-state index in [9.17, 15) is 18.0 Å². The van der Waals surface area contributed by atoms with Crippen molar-refractivity contribution in [3.05, 3.63) is 29.3 Å². The van der Waals surface area contributed by atoms with Crippen LogP contribution in [0.25, 0.3) is 0 Å². The molecule has 16 heavy (non-hydrogen) atoms. The molecule has 0 fully saturated rings. The smallest absolute Gasteiger partial charge is 0.420 e. The van der Waals surface area contributed by atoms with E-state index in [1.54, 1.807) is 6.07 Å². The standard InChI is InChI=1S/C11H9F3O2/c12-11(13,14)10(15)16-9-5-4-7-2-1-3-8(7)6-9/h4-6H,1-3H2. The summed E-state index contributed by atoms with van der Waals surface area (Å²) >= 11 is 0. The molecule has 0 spiro atoms. The van der Waals surface area contributed by atoms with Gasteiger partial charge in [-0.25, -0.2) is 4.79 Å². The molecule has 0 aromatic heterocycles. The number of carbonyl (C=O) groups is 1. The maximum atomic E-state index is 11.9. The molecule has 1 aliphatic carbocycles. The third-order valence-electron chi connectivity index (χ3n) is 2.51. The zero-order valence-electron chi connectivity index (χ0n) is 8.30. The fraction of sp³-hybridized carbons (Fsp3) is 0.364. The van der Waals surface area contributed by atoms with Crippen molar-refractivity contribution < 1.29 is 22.7 Å². The average molecular weight is 230 g/mol. The molecule has 1 aromatic carbocycles. The van der Waals surface area contributed by atoms with Crippen LogP contribution < -0.4 is 4.74 Å². The van der Waals surface area contributed by atoms with Crippen molar-refractivity contribution in [3.8, 4) is 5.75 Å². The molecule has 0 saturated heterocycles. The van der Waals surface area contributed by atoms with Crippen molar-refractivity contribution in [1.82, 2.24) is 0 Å². The van der Waals surface area contributed by atoms with Crippen LogP contribution in [0.4, 0.5) is 13.2 Å². The fourth-order valence-corrected chi connectivity index (χ4v) is 1.78. The molecular weight excluding hydrogens is 221 g/mol. The quantitative estimate of drug-likeness (QED) is 0.547. The number of esters is 1. The van der Waals surface area contributed by atoms with Gasteiger partial charge in [0.2, 0.25) is 0 Å². The van der Waals surface area contributed by atoms with Crippen LogP contribution in [0, 0.1) is 0 Å². The minimum Gasteiger partial charge on any atom is -0.420 e. The molecule has 0 aliphatic heterocycles. The number of hydrogen-bond acceptors (Lipinski definition) is 2. The SMILES string of the molecule is O=C(Oc1ccc2c(c1)CCC2)C(F)(F)F. The lowest BCUT2D eigenvalue weighted by molar-refractivity contribution is -0.189. The molecule has 0 amide bonds. The van der Waals surface area contributed by atoms with Crippen molar-refractivity contribution in [2.24, 2.45) is 0 Å². The van der Waals surface area contributed by atoms with Crippen molar-refractivity contribution in [2.75, 3.05) is 0 Å². The van der Waals surface area contributed by atoms with Gasteiger partial charge < -0.3 is 4.74 Å². The molecule has 0 radical (unpaired) electrons. The maximum Gasteiger partial charge on any atom is 0.491 e. The minimum atomic E-state index is -4.95. The molecule has 0 bridgehead atoms. The Morgan fingerprint density at radius 3 is 2.56 bits per heavy atom. The van der Waals surface area contributed by atoms with Gasteiger partial charge in [-0.3, -0.25) is 0 Å². The highest BCUT2D eigenvalue weighted by Crippen LogP contribution is 2.27. The predicted molar refractivity (Wildman–Crippen MR) is 50.2 cm³/mol. The number of alkyl halides is 3. The van der Waals surface area contributed by atoms with Gasteiger partial charge in [0, 0.05) is 0 Å². The number of ether oxygens (including phenoxy) is 1. The molecule has 2 nitrogen and oxygen atoms in total. The molecule has 0 atom stereocenters. The van der Waals surface area contributed by atoms with Crippen LogP contribution in [0.2, 0.25) is 0 Å². The second-order valence-corrected chi connectivity index (χ2v) is 3.67. The molecule has 2 rings (SSSR count). The van der Waals surface area contributed by atoms with E-state index in [1.165, 1.54) is 12.1 Å². The number of hydrogen-bond donors (Lipinski definition) is 0. The first-order valence-electron chi connectivity index (χ1n) is 4.87. The summed E-state index contributed by atoms with van der Waals surface area (Å²) in [7, 11) is 0. The van der Waals surface area contributed by atoms with E-state index >= 15 is 0 Å². The number of benzene rings is 1. The molecular formula is C11H9F3O2. The number of aryl methyl sites for hydroxylation is 2. The van der Waals surface area contributed by atoms with E-state index in [2.05, 4.69) is 4.74 Å². The largest absolute Gasteiger partial charge is 0.491 e. The van der Waals surface area contributed by atoms with Gasteiger partial charge >= 0.3 is 12.1 Å². The van der Waals surface area contributed by atoms with Crippen LogP contribution in [0.3, 0.4) is 0 Å². The Balaban J connectivity index is 2.14. The van der Waals surface area contributed by atoms with Crippen LogP contribution in [0.1, 0.15) is 17.5 Å². The molecule has 1 aliphatic rings. The Labute approximate surface area is 90.0 Å². The third kappa shape index (κ3) is 2.18. The second kappa shape index (κ2) is 3.81. The van der Waals surface area contributed by atoms with Crippen molar-refractivity contribution in [3.63, 3.8) is 0 Å². The van der Waals surface area contributed by atoms with Crippen LogP contribution in [0.15, 0.2) is 18.2 Å². The summed E-state index contributed by atoms with van der Waals surface area (Å²) in [6.07, 6.45) is -2.19. The number of fused-ring (bicyclic) bond motifs is 1. The van der Waals surface area contributed by atoms with E-state index in [1.807, 2.05) is 0 Å². The summed E-state index contributed by atoms with van der Waals surface area (Å²) in [6, 6.07) is 4.61. The summed E-state index contributed by atoms with van der Waals surface area (Å²) in [6.45, 7) is 0. The number of halogens is 3. The van der Waals surface area contributed by atoms with Crippen LogP contribution >= 0.6 is 0 Å². The Morgan fingerprint density at radius 2 is 1.88 bits per heavy atom. The molecule has 0 saturated carbocycles. The fourth-order valence-electron chi connectivity index (χ4n) is 1.78. The summed E-state index contributed by atoms with van der Waals surface area (Å²) in [5, 5.41) is 0. The van der Waals surface area contributed by atoms with Gasteiger partial charge in [-0.2, -0.15) is 13.2 Å². The topological polar surface area (TPSA) is 26.3 Å². The Morgan fingerprint density at radius 1 is 1.19 bits per heavy atom. The van der Waals surface area contributed by atoms with E-state index in [-0.39, 0.29) is 5.75 Å². The summed E-state index contributed by atoms with van der Waals surface area (Å²) in [5.41, 5.74) is 2.08. The highest BCUT2D eigenvalue weighted by molar-refractivity contribution is 5.78. The average Bonchev–Trinajstić information content (AvgIpc) is 2.63. The maximum absolute atomic E-state index is 11.9. The van der Waals surface area contributed by atoms with E-state index < -0.39 is 12.1 Å². The Bertz CT molecular complexity index is 424. The zero-order chi connectivity index (χ0) is 11.8. The molecule has 0 N–H and O–H groups in total. The predicted octanol–water partition coefficient (Wildman–Crippen LogP) is 2.64. The molecule has 5 heteroatoms. The Kier molecular flexibility index (Phi) is 2.61. The first-order valence-corrected chi connectivity index (χ1v) is 4.87. The molecule has 1 aromatic rings. The first-order chi connectivity index (χ1) is 7.47. The highest BCUT2D eigenvalue weighted by Gasteiger charge is 2.41. The van der Waals surface area contributed by atoms with Gasteiger partial charge in [0.15, 0.2) is 0 Å². The molecule has 0 unspecified atom stereocenters. The van der Waals surface area contributed by atoms with E-state index in [0.717, 1.165) is 30.4 Å². The lowest BCUT2D eigenvalue weighted by Gasteiger charge is -2.08.